The van der Waals surface area contributed by atoms with Gasteiger partial charge in [-0.25, -0.2) is 13.8 Å². The van der Waals surface area contributed by atoms with Crippen LogP contribution in [-0.4, -0.2) is 42.5 Å². The van der Waals surface area contributed by atoms with Crippen molar-refractivity contribution in [1.29, 1.82) is 0 Å². The number of hydrazone groups is 1. The summed E-state index contributed by atoms with van der Waals surface area (Å²) < 4.78 is 26.9. The van der Waals surface area contributed by atoms with Crippen molar-refractivity contribution < 1.29 is 18.3 Å². The molecular formula is C18H17Cl2N3O4S. The lowest BCUT2D eigenvalue weighted by atomic mass is 10.2. The molecule has 28 heavy (non-hydrogen) atoms. The third kappa shape index (κ3) is 4.47. The molecule has 3 rings (SSSR count). The standard InChI is InChI=1S/C18H17Cl2N3O4S/c19-13-3-6-15(7-4-13)28(26,27)23-9-1-2-16(23)18(25)22-21-11-12-10-14(20)5-8-17(12)24/h3-8,10-11,16,24H,1-2,9H2,(H,22,25)/b21-11-/t16-/m1/s1. The van der Waals surface area contributed by atoms with Crippen molar-refractivity contribution in [3.8, 4) is 5.75 Å². The average molecular weight is 442 g/mol. The van der Waals surface area contributed by atoms with Crippen LogP contribution in [-0.2, 0) is 14.8 Å². The molecule has 0 unspecified atom stereocenters. The van der Waals surface area contributed by atoms with Crippen LogP contribution in [0.4, 0.5) is 0 Å². The Balaban J connectivity index is 1.73. The highest BCUT2D eigenvalue weighted by molar-refractivity contribution is 7.89. The largest absolute Gasteiger partial charge is 0.507 e. The zero-order valence-electron chi connectivity index (χ0n) is 14.5. The summed E-state index contributed by atoms with van der Waals surface area (Å²) in [5, 5.41) is 14.4. The van der Waals surface area contributed by atoms with E-state index in [4.69, 9.17) is 23.2 Å². The number of benzene rings is 2. The molecule has 1 saturated heterocycles. The number of aromatic hydroxyl groups is 1. The van der Waals surface area contributed by atoms with Gasteiger partial charge >= 0.3 is 0 Å². The van der Waals surface area contributed by atoms with Crippen LogP contribution in [0.25, 0.3) is 0 Å². The first-order chi connectivity index (χ1) is 13.3. The lowest BCUT2D eigenvalue weighted by Gasteiger charge is -2.22. The van der Waals surface area contributed by atoms with Crippen LogP contribution in [0.2, 0.25) is 10.0 Å². The van der Waals surface area contributed by atoms with Gasteiger partial charge in [0.2, 0.25) is 10.0 Å². The fourth-order valence-electron chi connectivity index (χ4n) is 2.90. The minimum absolute atomic E-state index is 0.0461. The fourth-order valence-corrected chi connectivity index (χ4v) is 4.86. The van der Waals surface area contributed by atoms with E-state index in [1.807, 2.05) is 0 Å². The summed E-state index contributed by atoms with van der Waals surface area (Å²) in [6.45, 7) is 0.238. The minimum atomic E-state index is -3.83. The van der Waals surface area contributed by atoms with Crippen LogP contribution >= 0.6 is 23.2 Å². The number of nitrogens with zero attached hydrogens (tertiary/aromatic N) is 2. The highest BCUT2D eigenvalue weighted by Crippen LogP contribution is 2.27. The molecule has 10 heteroatoms. The molecule has 1 aliphatic heterocycles. The van der Waals surface area contributed by atoms with E-state index in [2.05, 4.69) is 10.5 Å². The highest BCUT2D eigenvalue weighted by Gasteiger charge is 2.39. The predicted molar refractivity (Wildman–Crippen MR) is 107 cm³/mol. The number of nitrogens with one attached hydrogen (secondary N) is 1. The van der Waals surface area contributed by atoms with Gasteiger partial charge in [-0.3, -0.25) is 4.79 Å². The second kappa shape index (κ2) is 8.48. The number of hydrogen-bond acceptors (Lipinski definition) is 5. The number of carbonyl (C=O) groups excluding carboxylic acids is 1. The number of carbonyl (C=O) groups is 1. The van der Waals surface area contributed by atoms with Gasteiger partial charge in [-0.05, 0) is 55.3 Å². The van der Waals surface area contributed by atoms with Crippen molar-refractivity contribution in [3.05, 3.63) is 58.1 Å². The molecule has 2 aromatic carbocycles. The van der Waals surface area contributed by atoms with E-state index < -0.39 is 22.0 Å². The third-order valence-electron chi connectivity index (χ3n) is 4.29. The molecule has 1 atom stereocenters. The van der Waals surface area contributed by atoms with E-state index in [1.54, 1.807) is 0 Å². The second-order valence-electron chi connectivity index (χ2n) is 6.17. The smallest absolute Gasteiger partial charge is 0.258 e. The van der Waals surface area contributed by atoms with Gasteiger partial charge in [0.05, 0.1) is 11.1 Å². The van der Waals surface area contributed by atoms with Crippen LogP contribution in [0, 0.1) is 0 Å². The zero-order valence-corrected chi connectivity index (χ0v) is 16.9. The van der Waals surface area contributed by atoms with Gasteiger partial charge in [0, 0.05) is 22.2 Å². The van der Waals surface area contributed by atoms with Gasteiger partial charge in [-0.2, -0.15) is 9.41 Å². The van der Waals surface area contributed by atoms with Crippen LogP contribution in [0.1, 0.15) is 18.4 Å². The number of phenols is 1. The van der Waals surface area contributed by atoms with Crippen molar-refractivity contribution in [3.63, 3.8) is 0 Å². The number of phenolic OH excluding ortho intramolecular Hbond substituents is 1. The van der Waals surface area contributed by atoms with Crippen LogP contribution in [0.5, 0.6) is 5.75 Å². The maximum Gasteiger partial charge on any atom is 0.258 e. The summed E-state index contributed by atoms with van der Waals surface area (Å²) in [4.78, 5) is 12.6. The van der Waals surface area contributed by atoms with Gasteiger partial charge in [0.1, 0.15) is 11.8 Å². The fraction of sp³-hybridized carbons (Fsp3) is 0.222. The summed E-state index contributed by atoms with van der Waals surface area (Å²) in [5.41, 5.74) is 2.66. The lowest BCUT2D eigenvalue weighted by molar-refractivity contribution is -0.124. The lowest BCUT2D eigenvalue weighted by Crippen LogP contribution is -2.44. The molecule has 2 aromatic rings. The molecule has 0 spiro atoms. The molecule has 1 aliphatic rings. The number of amides is 1. The van der Waals surface area contributed by atoms with E-state index in [0.717, 1.165) is 4.31 Å². The monoisotopic (exact) mass is 441 g/mol. The first-order valence-corrected chi connectivity index (χ1v) is 10.6. The Morgan fingerprint density at radius 1 is 1.18 bits per heavy atom. The van der Waals surface area contributed by atoms with E-state index in [1.165, 1.54) is 48.7 Å². The van der Waals surface area contributed by atoms with Gasteiger partial charge in [0.15, 0.2) is 0 Å². The van der Waals surface area contributed by atoms with E-state index >= 15 is 0 Å². The van der Waals surface area contributed by atoms with Gasteiger partial charge < -0.3 is 5.11 Å². The zero-order chi connectivity index (χ0) is 20.3. The van der Waals surface area contributed by atoms with Gasteiger partial charge in [-0.1, -0.05) is 23.2 Å². The third-order valence-corrected chi connectivity index (χ3v) is 6.70. The number of rotatable bonds is 5. The quantitative estimate of drug-likeness (QED) is 0.550. The Labute approximate surface area is 172 Å². The Hall–Kier alpha value is -2.13. The summed E-state index contributed by atoms with van der Waals surface area (Å²) in [5.74, 6) is -0.594. The Morgan fingerprint density at radius 3 is 2.57 bits per heavy atom. The molecule has 1 fully saturated rings. The van der Waals surface area contributed by atoms with Crippen LogP contribution < -0.4 is 5.43 Å². The topological polar surface area (TPSA) is 99.1 Å². The van der Waals surface area contributed by atoms with E-state index in [-0.39, 0.29) is 17.2 Å². The van der Waals surface area contributed by atoms with E-state index in [0.29, 0.717) is 28.5 Å². The molecule has 1 heterocycles. The molecular weight excluding hydrogens is 425 g/mol. The molecule has 0 aliphatic carbocycles. The SMILES string of the molecule is O=C(N/N=C\c1cc(Cl)ccc1O)[C@H]1CCCN1S(=O)(=O)c1ccc(Cl)cc1. The average Bonchev–Trinajstić information content (AvgIpc) is 3.16. The summed E-state index contributed by atoms with van der Waals surface area (Å²) >= 11 is 11.7. The molecule has 0 saturated carbocycles. The van der Waals surface area contributed by atoms with Gasteiger partial charge in [-0.15, -0.1) is 0 Å². The van der Waals surface area contributed by atoms with Crippen LogP contribution in [0.15, 0.2) is 52.5 Å². The number of hydrogen-bond donors (Lipinski definition) is 2. The molecule has 2 N–H and O–H groups in total. The maximum atomic E-state index is 12.9. The predicted octanol–water partition coefficient (Wildman–Crippen LogP) is 3.00. The van der Waals surface area contributed by atoms with Crippen molar-refractivity contribution in [2.45, 2.75) is 23.8 Å². The molecule has 7 nitrogen and oxygen atoms in total. The molecule has 0 bridgehead atoms. The summed E-state index contributed by atoms with van der Waals surface area (Å²) in [6.07, 6.45) is 2.19. The first-order valence-electron chi connectivity index (χ1n) is 8.38. The Kier molecular flexibility index (Phi) is 6.24. The van der Waals surface area contributed by atoms with Crippen molar-refractivity contribution in [2.75, 3.05) is 6.54 Å². The second-order valence-corrected chi connectivity index (χ2v) is 8.93. The Morgan fingerprint density at radius 2 is 1.86 bits per heavy atom. The van der Waals surface area contributed by atoms with E-state index in [9.17, 15) is 18.3 Å². The number of halogens is 2. The molecule has 148 valence electrons. The molecule has 0 radical (unpaired) electrons. The molecule has 0 aromatic heterocycles. The summed E-state index contributed by atoms with van der Waals surface area (Å²) in [7, 11) is -3.83. The normalized spacial score (nSPS) is 17.9. The highest BCUT2D eigenvalue weighted by atomic mass is 35.5. The molecule has 1 amide bonds. The number of sulfonamides is 1. The maximum absolute atomic E-state index is 12.9. The van der Waals surface area contributed by atoms with Crippen LogP contribution in [0.3, 0.4) is 0 Å². The minimum Gasteiger partial charge on any atom is -0.507 e. The van der Waals surface area contributed by atoms with Crippen molar-refractivity contribution in [2.24, 2.45) is 5.10 Å². The Bertz CT molecular complexity index is 1010. The van der Waals surface area contributed by atoms with Gasteiger partial charge in [0.25, 0.3) is 5.91 Å². The first kappa shape index (κ1) is 20.6. The van der Waals surface area contributed by atoms with Crippen molar-refractivity contribution in [1.82, 2.24) is 9.73 Å². The summed E-state index contributed by atoms with van der Waals surface area (Å²) in [6, 6.07) is 9.33. The van der Waals surface area contributed by atoms with Crippen molar-refractivity contribution >= 4 is 45.3 Å².